The van der Waals surface area contributed by atoms with E-state index in [1.165, 1.54) is 11.1 Å². The summed E-state index contributed by atoms with van der Waals surface area (Å²) in [5.41, 5.74) is 11.3. The van der Waals surface area contributed by atoms with Crippen molar-refractivity contribution < 1.29 is 19.0 Å². The number of hydrogen-bond acceptors (Lipinski definition) is 6. The lowest BCUT2D eigenvalue weighted by atomic mass is 9.86. The van der Waals surface area contributed by atoms with Crippen molar-refractivity contribution in [2.75, 3.05) is 33.4 Å². The van der Waals surface area contributed by atoms with Gasteiger partial charge in [0, 0.05) is 23.9 Å². The van der Waals surface area contributed by atoms with Gasteiger partial charge in [-0.2, -0.15) is 0 Å². The summed E-state index contributed by atoms with van der Waals surface area (Å²) in [6.07, 6.45) is 0.746. The molecule has 2 N–H and O–H groups in total. The van der Waals surface area contributed by atoms with Crippen LogP contribution in [0.4, 0.5) is 0 Å². The molecule has 0 bridgehead atoms. The number of nitrogens with zero attached hydrogens (tertiary/aromatic N) is 3. The largest absolute Gasteiger partial charge is 0.493 e. The second-order valence-electron chi connectivity index (χ2n) is 11.7. The van der Waals surface area contributed by atoms with Gasteiger partial charge in [-0.25, -0.2) is 0 Å². The highest BCUT2D eigenvalue weighted by molar-refractivity contribution is 7.80. The number of ether oxygens (including phenoxy) is 3. The zero-order chi connectivity index (χ0) is 29.8. The van der Waals surface area contributed by atoms with E-state index < -0.39 is 5.41 Å². The fourth-order valence-electron chi connectivity index (χ4n) is 3.74. The van der Waals surface area contributed by atoms with Crippen LogP contribution in [-0.4, -0.2) is 44.5 Å². The van der Waals surface area contributed by atoms with Gasteiger partial charge in [0.2, 0.25) is 0 Å². The molecule has 9 nitrogen and oxygen atoms in total. The van der Waals surface area contributed by atoms with E-state index in [1.54, 1.807) is 7.11 Å². The first kappa shape index (κ1) is 32.7. The summed E-state index contributed by atoms with van der Waals surface area (Å²) >= 11 is 5.53. The molecular weight excluding hydrogens is 526 g/mol. The molecule has 0 fully saturated rings. The molecule has 0 spiro atoms. The van der Waals surface area contributed by atoms with Gasteiger partial charge in [0.1, 0.15) is 0 Å². The van der Waals surface area contributed by atoms with Crippen LogP contribution in [0.5, 0.6) is 11.5 Å². The summed E-state index contributed by atoms with van der Waals surface area (Å²) < 4.78 is 16.7. The maximum atomic E-state index is 12.4. The van der Waals surface area contributed by atoms with Crippen LogP contribution in [0.1, 0.15) is 58.2 Å². The van der Waals surface area contributed by atoms with Gasteiger partial charge < -0.3 is 24.8 Å². The lowest BCUT2D eigenvalue weighted by Crippen LogP contribution is -2.39. The van der Waals surface area contributed by atoms with Crippen molar-refractivity contribution in [2.45, 2.75) is 59.9 Å². The zero-order valence-corrected chi connectivity index (χ0v) is 25.6. The molecule has 0 aliphatic heterocycles. The monoisotopic (exact) mass is 569 g/mol. The smallest absolute Gasteiger partial charge is 0.311 e. The molecule has 0 aliphatic rings. The molecule has 0 radical (unpaired) electrons. The molecule has 0 aliphatic carbocycles. The Labute approximate surface area is 243 Å². The number of methoxy groups -OCH3 is 1. The Morgan fingerprint density at radius 1 is 1.02 bits per heavy atom. The highest BCUT2D eigenvalue weighted by Gasteiger charge is 2.24. The topological polar surface area (TPSA) is 118 Å². The first-order valence-corrected chi connectivity index (χ1v) is 13.8. The third-order valence-electron chi connectivity index (χ3n) is 6.15. The van der Waals surface area contributed by atoms with Crippen molar-refractivity contribution in [3.63, 3.8) is 0 Å². The first-order chi connectivity index (χ1) is 18.8. The van der Waals surface area contributed by atoms with Crippen LogP contribution in [0.15, 0.2) is 47.6 Å². The molecule has 0 saturated carbocycles. The van der Waals surface area contributed by atoms with E-state index in [1.807, 2.05) is 39.0 Å². The third kappa shape index (κ3) is 11.3. The molecule has 2 aromatic carbocycles. The molecule has 10 heteroatoms. The molecule has 0 heterocycles. The maximum absolute atomic E-state index is 12.4. The summed E-state index contributed by atoms with van der Waals surface area (Å²) in [6, 6.07) is 14.2. The van der Waals surface area contributed by atoms with Crippen LogP contribution in [0.25, 0.3) is 10.4 Å². The highest BCUT2D eigenvalue weighted by atomic mass is 32.1. The van der Waals surface area contributed by atoms with Crippen molar-refractivity contribution in [3.8, 4) is 11.5 Å². The van der Waals surface area contributed by atoms with Crippen molar-refractivity contribution in [3.05, 3.63) is 69.6 Å². The number of esters is 1. The predicted octanol–water partition coefficient (Wildman–Crippen LogP) is 6.09. The van der Waals surface area contributed by atoms with Gasteiger partial charge in [-0.05, 0) is 79.2 Å². The number of hydrogen-bond donors (Lipinski definition) is 2. The van der Waals surface area contributed by atoms with Crippen molar-refractivity contribution in [2.24, 2.45) is 16.4 Å². The van der Waals surface area contributed by atoms with E-state index in [0.717, 1.165) is 12.0 Å². The highest BCUT2D eigenvalue weighted by Crippen LogP contribution is 2.28. The average Bonchev–Trinajstić information content (AvgIpc) is 2.90. The van der Waals surface area contributed by atoms with Gasteiger partial charge in [-0.15, -0.1) is 0 Å². The van der Waals surface area contributed by atoms with Crippen LogP contribution in [0, 0.1) is 11.3 Å². The minimum Gasteiger partial charge on any atom is -0.493 e. The molecule has 0 aromatic heterocycles. The number of benzene rings is 2. The Morgan fingerprint density at radius 3 is 2.30 bits per heavy atom. The molecule has 1 atom stereocenters. The van der Waals surface area contributed by atoms with Crippen LogP contribution < -0.4 is 20.1 Å². The van der Waals surface area contributed by atoms with Crippen molar-refractivity contribution in [1.29, 1.82) is 0 Å². The minimum absolute atomic E-state index is 0.0356. The fourth-order valence-corrected chi connectivity index (χ4v) is 3.89. The molecule has 2 aromatic rings. The summed E-state index contributed by atoms with van der Waals surface area (Å²) in [5, 5.41) is 10.5. The standard InChI is InChI=1S/C30H43N5O4S/c1-29(2,3)24-11-8-21(9-12-24)16-23(20-39-27(36)30(4,5)6)19-33-28(40)32-18-22-10-13-25(26(17-22)37-7)38-15-14-34-35-31/h8-13,17,23H,14-16,18-20H2,1-7H3,(H2,32,33,40). The van der Waals surface area contributed by atoms with E-state index in [4.69, 9.17) is 32.0 Å². The van der Waals surface area contributed by atoms with Crippen molar-refractivity contribution >= 4 is 23.3 Å². The normalized spacial score (nSPS) is 12.1. The first-order valence-electron chi connectivity index (χ1n) is 13.4. The summed E-state index contributed by atoms with van der Waals surface area (Å²) in [4.78, 5) is 15.1. The van der Waals surface area contributed by atoms with E-state index in [0.29, 0.717) is 36.3 Å². The number of carbonyl (C=O) groups is 1. The zero-order valence-electron chi connectivity index (χ0n) is 24.7. The minimum atomic E-state index is -0.560. The Hall–Kier alpha value is -3.49. The lowest BCUT2D eigenvalue weighted by Gasteiger charge is -2.23. The molecule has 40 heavy (non-hydrogen) atoms. The van der Waals surface area contributed by atoms with Crippen LogP contribution in [0.3, 0.4) is 0 Å². The summed E-state index contributed by atoms with van der Waals surface area (Å²) in [5.74, 6) is 0.967. The lowest BCUT2D eigenvalue weighted by molar-refractivity contribution is -0.154. The fraction of sp³-hybridized carbons (Fsp3) is 0.533. The van der Waals surface area contributed by atoms with Gasteiger partial charge in [-0.3, -0.25) is 4.79 Å². The third-order valence-corrected chi connectivity index (χ3v) is 6.44. The maximum Gasteiger partial charge on any atom is 0.311 e. The molecular formula is C30H43N5O4S. The summed E-state index contributed by atoms with van der Waals surface area (Å²) in [6.45, 7) is 14.0. The summed E-state index contributed by atoms with van der Waals surface area (Å²) in [7, 11) is 1.57. The van der Waals surface area contributed by atoms with Gasteiger partial charge in [-0.1, -0.05) is 56.2 Å². The Balaban J connectivity index is 1.97. The quantitative estimate of drug-likeness (QED) is 0.0748. The van der Waals surface area contributed by atoms with Crippen LogP contribution in [-0.2, 0) is 27.9 Å². The molecule has 0 saturated heterocycles. The van der Waals surface area contributed by atoms with Gasteiger partial charge in [0.25, 0.3) is 0 Å². The van der Waals surface area contributed by atoms with Gasteiger partial charge >= 0.3 is 5.97 Å². The van der Waals surface area contributed by atoms with Crippen molar-refractivity contribution in [1.82, 2.24) is 10.6 Å². The Bertz CT molecular complexity index is 1170. The second kappa shape index (κ2) is 15.3. The number of nitrogens with one attached hydrogen (secondary N) is 2. The average molecular weight is 570 g/mol. The molecule has 1 unspecified atom stereocenters. The SMILES string of the molecule is COc1cc(CNC(=S)NCC(COC(=O)C(C)(C)C)Cc2ccc(C(C)(C)C)cc2)ccc1OCCN=[N+]=[N-]. The second-order valence-corrected chi connectivity index (χ2v) is 12.1. The van der Waals surface area contributed by atoms with Gasteiger partial charge in [0.15, 0.2) is 16.6 Å². The number of azide groups is 1. The number of thiocarbonyl (C=S) groups is 1. The van der Waals surface area contributed by atoms with E-state index >= 15 is 0 Å². The van der Waals surface area contributed by atoms with Crippen LogP contribution >= 0.6 is 12.2 Å². The van der Waals surface area contributed by atoms with E-state index in [9.17, 15) is 4.79 Å². The predicted molar refractivity (Wildman–Crippen MR) is 163 cm³/mol. The number of rotatable bonds is 13. The Morgan fingerprint density at radius 2 is 1.70 bits per heavy atom. The Kier molecular flexibility index (Phi) is 12.5. The van der Waals surface area contributed by atoms with E-state index in [2.05, 4.69) is 65.7 Å². The number of carbonyl (C=O) groups excluding carboxylic acids is 1. The van der Waals surface area contributed by atoms with Crippen LogP contribution in [0.2, 0.25) is 0 Å². The molecule has 0 amide bonds. The molecule has 2 rings (SSSR count). The van der Waals surface area contributed by atoms with E-state index in [-0.39, 0.29) is 30.5 Å². The molecule has 218 valence electrons. The van der Waals surface area contributed by atoms with Gasteiger partial charge in [0.05, 0.1) is 32.3 Å².